The average Bonchev–Trinajstić information content (AvgIpc) is 3.45. The second kappa shape index (κ2) is 7.91. The fourth-order valence-electron chi connectivity index (χ4n) is 3.18. The van der Waals surface area contributed by atoms with E-state index in [1.54, 1.807) is 12.1 Å². The quantitative estimate of drug-likeness (QED) is 0.725. The molecule has 0 unspecified atom stereocenters. The number of anilines is 1. The van der Waals surface area contributed by atoms with Crippen LogP contribution in [0, 0.1) is 11.2 Å². The van der Waals surface area contributed by atoms with Crippen LogP contribution in [-0.2, 0) is 16.0 Å². The Hall–Kier alpha value is -2.69. The molecule has 5 heteroatoms. The van der Waals surface area contributed by atoms with Crippen LogP contribution in [0.2, 0.25) is 0 Å². The van der Waals surface area contributed by atoms with E-state index in [9.17, 15) is 14.0 Å². The van der Waals surface area contributed by atoms with E-state index in [1.807, 2.05) is 24.3 Å². The summed E-state index contributed by atoms with van der Waals surface area (Å²) >= 11 is 0. The van der Waals surface area contributed by atoms with Gasteiger partial charge in [-0.05, 0) is 54.5 Å². The molecule has 0 radical (unpaired) electrons. The minimum atomic E-state index is -0.965. The topological polar surface area (TPSA) is 58.2 Å². The minimum Gasteiger partial charge on any atom is -0.355 e. The van der Waals surface area contributed by atoms with Crippen LogP contribution < -0.4 is 10.6 Å². The predicted molar refractivity (Wildman–Crippen MR) is 104 cm³/mol. The highest BCUT2D eigenvalue weighted by molar-refractivity contribution is 6.13. The molecule has 0 aromatic heterocycles. The molecule has 0 atom stereocenters. The maximum Gasteiger partial charge on any atom is 0.240 e. The molecule has 2 aromatic rings. The van der Waals surface area contributed by atoms with E-state index in [4.69, 9.17) is 0 Å². The van der Waals surface area contributed by atoms with E-state index in [1.165, 1.54) is 12.1 Å². The SMILES string of the molecule is CC(C)c1ccccc1NC(=O)C1(C(=O)NCCc2ccc(F)cc2)CC1. The number of carbonyl (C=O) groups is 2. The number of carbonyl (C=O) groups excluding carboxylic acids is 2. The number of hydrogen-bond donors (Lipinski definition) is 2. The first kappa shape index (κ1) is 19.1. The van der Waals surface area contributed by atoms with Gasteiger partial charge in [0.15, 0.2) is 0 Å². The van der Waals surface area contributed by atoms with E-state index >= 15 is 0 Å². The van der Waals surface area contributed by atoms with E-state index in [-0.39, 0.29) is 23.5 Å². The molecule has 0 spiro atoms. The van der Waals surface area contributed by atoms with Crippen LogP contribution in [0.4, 0.5) is 10.1 Å². The summed E-state index contributed by atoms with van der Waals surface area (Å²) in [5.74, 6) is -0.474. The number of nitrogens with one attached hydrogen (secondary N) is 2. The summed E-state index contributed by atoms with van der Waals surface area (Å²) in [5.41, 5.74) is 1.80. The largest absolute Gasteiger partial charge is 0.355 e. The first-order valence-electron chi connectivity index (χ1n) is 9.35. The van der Waals surface area contributed by atoms with E-state index in [2.05, 4.69) is 24.5 Å². The van der Waals surface area contributed by atoms with Gasteiger partial charge >= 0.3 is 0 Å². The van der Waals surface area contributed by atoms with E-state index < -0.39 is 5.41 Å². The number of para-hydroxylation sites is 1. The maximum absolute atomic E-state index is 12.9. The molecule has 0 heterocycles. The van der Waals surface area contributed by atoms with Crippen molar-refractivity contribution in [2.45, 2.75) is 39.0 Å². The molecule has 27 heavy (non-hydrogen) atoms. The zero-order valence-corrected chi connectivity index (χ0v) is 15.7. The van der Waals surface area contributed by atoms with Crippen LogP contribution >= 0.6 is 0 Å². The second-order valence-corrected chi connectivity index (χ2v) is 7.41. The summed E-state index contributed by atoms with van der Waals surface area (Å²) in [6.07, 6.45) is 1.72. The second-order valence-electron chi connectivity index (χ2n) is 7.41. The molecule has 142 valence electrons. The third-order valence-electron chi connectivity index (χ3n) is 5.06. The van der Waals surface area contributed by atoms with Crippen molar-refractivity contribution in [2.24, 2.45) is 5.41 Å². The van der Waals surface area contributed by atoms with Crippen LogP contribution in [0.1, 0.15) is 43.7 Å². The molecular formula is C22H25FN2O2. The Kier molecular flexibility index (Phi) is 5.59. The molecule has 3 rings (SSSR count). The predicted octanol–water partition coefficient (Wildman–Crippen LogP) is 4.03. The normalized spacial score (nSPS) is 14.7. The number of hydrogen-bond acceptors (Lipinski definition) is 2. The van der Waals surface area contributed by atoms with Crippen LogP contribution in [0.15, 0.2) is 48.5 Å². The lowest BCUT2D eigenvalue weighted by Gasteiger charge is -2.18. The Balaban J connectivity index is 1.58. The number of halogens is 1. The zero-order valence-electron chi connectivity index (χ0n) is 15.7. The molecule has 1 aliphatic rings. The molecule has 2 amide bonds. The van der Waals surface area contributed by atoms with E-state index in [0.29, 0.717) is 25.8 Å². The molecule has 0 saturated heterocycles. The van der Waals surface area contributed by atoms with Gasteiger partial charge in [0.2, 0.25) is 11.8 Å². The molecule has 2 N–H and O–H groups in total. The Morgan fingerprint density at radius 1 is 1.04 bits per heavy atom. The first-order valence-corrected chi connectivity index (χ1v) is 9.35. The van der Waals surface area contributed by atoms with Gasteiger partial charge in [-0.3, -0.25) is 9.59 Å². The third kappa shape index (κ3) is 4.35. The van der Waals surface area contributed by atoms with Gasteiger partial charge in [-0.1, -0.05) is 44.2 Å². The smallest absolute Gasteiger partial charge is 0.240 e. The van der Waals surface area contributed by atoms with Gasteiger partial charge in [0, 0.05) is 12.2 Å². The number of benzene rings is 2. The number of amides is 2. The van der Waals surface area contributed by atoms with Crippen LogP contribution in [0.3, 0.4) is 0 Å². The standard InChI is InChI=1S/C22H25FN2O2/c1-15(2)18-5-3-4-6-19(18)25-21(27)22(12-13-22)20(26)24-14-11-16-7-9-17(23)10-8-16/h3-10,15H,11-14H2,1-2H3,(H,24,26)(H,25,27). The third-order valence-corrected chi connectivity index (χ3v) is 5.06. The molecule has 1 saturated carbocycles. The Morgan fingerprint density at radius 2 is 1.70 bits per heavy atom. The summed E-state index contributed by atoms with van der Waals surface area (Å²) in [6.45, 7) is 4.56. The molecule has 4 nitrogen and oxygen atoms in total. The molecular weight excluding hydrogens is 343 g/mol. The minimum absolute atomic E-state index is 0.232. The van der Waals surface area contributed by atoms with Crippen molar-refractivity contribution in [3.63, 3.8) is 0 Å². The monoisotopic (exact) mass is 368 g/mol. The average molecular weight is 368 g/mol. The molecule has 1 aliphatic carbocycles. The highest BCUT2D eigenvalue weighted by Crippen LogP contribution is 2.47. The van der Waals surface area contributed by atoms with Crippen molar-refractivity contribution in [1.29, 1.82) is 0 Å². The lowest BCUT2D eigenvalue weighted by molar-refractivity contribution is -0.134. The number of rotatable bonds is 7. The maximum atomic E-state index is 12.9. The van der Waals surface area contributed by atoms with Gasteiger partial charge < -0.3 is 10.6 Å². The van der Waals surface area contributed by atoms with Gasteiger partial charge in [0.05, 0.1) is 0 Å². The lowest BCUT2D eigenvalue weighted by atomic mass is 9.99. The highest BCUT2D eigenvalue weighted by atomic mass is 19.1. The molecule has 0 aliphatic heterocycles. The highest BCUT2D eigenvalue weighted by Gasteiger charge is 2.56. The Morgan fingerprint density at radius 3 is 2.33 bits per heavy atom. The summed E-state index contributed by atoms with van der Waals surface area (Å²) < 4.78 is 12.9. The fraction of sp³-hybridized carbons (Fsp3) is 0.364. The Labute approximate surface area is 159 Å². The fourth-order valence-corrected chi connectivity index (χ4v) is 3.18. The van der Waals surface area contributed by atoms with Gasteiger partial charge in [-0.15, -0.1) is 0 Å². The summed E-state index contributed by atoms with van der Waals surface area (Å²) in [6, 6.07) is 13.9. The van der Waals surface area contributed by atoms with Gasteiger partial charge in [-0.25, -0.2) is 4.39 Å². The van der Waals surface area contributed by atoms with Crippen molar-refractivity contribution in [3.8, 4) is 0 Å². The summed E-state index contributed by atoms with van der Waals surface area (Å²) in [7, 11) is 0. The van der Waals surface area contributed by atoms with Crippen molar-refractivity contribution < 1.29 is 14.0 Å². The molecule has 1 fully saturated rings. The Bertz CT molecular complexity index is 826. The zero-order chi connectivity index (χ0) is 19.4. The van der Waals surface area contributed by atoms with Crippen molar-refractivity contribution in [1.82, 2.24) is 5.32 Å². The van der Waals surface area contributed by atoms with Gasteiger partial charge in [0.25, 0.3) is 0 Å². The van der Waals surface area contributed by atoms with Crippen LogP contribution in [-0.4, -0.2) is 18.4 Å². The van der Waals surface area contributed by atoms with Gasteiger partial charge in [-0.2, -0.15) is 0 Å². The van der Waals surface area contributed by atoms with Crippen molar-refractivity contribution in [3.05, 3.63) is 65.5 Å². The van der Waals surface area contributed by atoms with Crippen molar-refractivity contribution >= 4 is 17.5 Å². The lowest BCUT2D eigenvalue weighted by Crippen LogP contribution is -2.40. The van der Waals surface area contributed by atoms with Crippen molar-refractivity contribution in [2.75, 3.05) is 11.9 Å². The molecule has 0 bridgehead atoms. The summed E-state index contributed by atoms with van der Waals surface area (Å²) in [4.78, 5) is 25.4. The summed E-state index contributed by atoms with van der Waals surface area (Å²) in [5, 5.41) is 5.81. The van der Waals surface area contributed by atoms with Crippen LogP contribution in [0.5, 0.6) is 0 Å². The molecule has 2 aromatic carbocycles. The van der Waals surface area contributed by atoms with Gasteiger partial charge in [0.1, 0.15) is 11.2 Å². The first-order chi connectivity index (χ1) is 12.9. The van der Waals surface area contributed by atoms with Crippen LogP contribution in [0.25, 0.3) is 0 Å². The van der Waals surface area contributed by atoms with E-state index in [0.717, 1.165) is 16.8 Å².